The zero-order chi connectivity index (χ0) is 20.7. The van der Waals surface area contributed by atoms with Crippen molar-refractivity contribution in [3.05, 3.63) is 54.1 Å². The van der Waals surface area contributed by atoms with Crippen LogP contribution >= 0.6 is 11.8 Å². The van der Waals surface area contributed by atoms with Crippen molar-refractivity contribution < 1.29 is 22.7 Å². The topological polar surface area (TPSA) is 84.9 Å². The molecule has 1 aliphatic heterocycles. The molecule has 1 heterocycles. The number of ether oxygens (including phenoxy) is 2. The average Bonchev–Trinajstić information content (AvgIpc) is 2.77. The molecule has 1 amide bonds. The number of carbonyl (C=O) groups is 1. The first kappa shape index (κ1) is 21.6. The number of sulfonamides is 1. The Labute approximate surface area is 175 Å². The van der Waals surface area contributed by atoms with E-state index in [4.69, 9.17) is 9.47 Å². The number of hydrogen-bond donors (Lipinski definition) is 1. The Bertz CT molecular complexity index is 926. The van der Waals surface area contributed by atoms with Gasteiger partial charge in [-0.25, -0.2) is 8.42 Å². The van der Waals surface area contributed by atoms with Crippen LogP contribution < -0.4 is 10.1 Å². The summed E-state index contributed by atoms with van der Waals surface area (Å²) in [6.07, 6.45) is 0. The SMILES string of the molecule is COc1ccc(SCC(=O)NCc2ccccc2S(=O)(=O)N2CCOCC2)cc1. The summed E-state index contributed by atoms with van der Waals surface area (Å²) in [5.74, 6) is 0.839. The Morgan fingerprint density at radius 3 is 2.52 bits per heavy atom. The lowest BCUT2D eigenvalue weighted by Crippen LogP contribution is -2.41. The first-order chi connectivity index (χ1) is 14.0. The summed E-state index contributed by atoms with van der Waals surface area (Å²) < 4.78 is 37.7. The van der Waals surface area contributed by atoms with Crippen LogP contribution in [0.4, 0.5) is 0 Å². The summed E-state index contributed by atoms with van der Waals surface area (Å²) >= 11 is 1.41. The summed E-state index contributed by atoms with van der Waals surface area (Å²) in [5, 5.41) is 2.82. The number of amides is 1. The van der Waals surface area contributed by atoms with E-state index in [0.29, 0.717) is 31.9 Å². The van der Waals surface area contributed by atoms with Crippen molar-refractivity contribution in [1.29, 1.82) is 0 Å². The second kappa shape index (κ2) is 10.1. The van der Waals surface area contributed by atoms with Crippen molar-refractivity contribution in [2.75, 3.05) is 39.2 Å². The van der Waals surface area contributed by atoms with Gasteiger partial charge in [-0.3, -0.25) is 4.79 Å². The van der Waals surface area contributed by atoms with Crippen molar-refractivity contribution in [1.82, 2.24) is 9.62 Å². The Morgan fingerprint density at radius 1 is 1.14 bits per heavy atom. The number of morpholine rings is 1. The molecule has 2 aromatic carbocycles. The molecule has 2 aromatic rings. The van der Waals surface area contributed by atoms with Crippen LogP contribution in [-0.2, 0) is 26.1 Å². The van der Waals surface area contributed by atoms with Gasteiger partial charge in [0.1, 0.15) is 5.75 Å². The molecule has 9 heteroatoms. The first-order valence-electron chi connectivity index (χ1n) is 9.20. The Morgan fingerprint density at radius 2 is 1.83 bits per heavy atom. The van der Waals surface area contributed by atoms with Crippen LogP contribution in [0.25, 0.3) is 0 Å². The molecule has 0 unspecified atom stereocenters. The molecule has 7 nitrogen and oxygen atoms in total. The Balaban J connectivity index is 1.59. The molecule has 0 aliphatic carbocycles. The molecule has 1 aliphatic rings. The highest BCUT2D eigenvalue weighted by Crippen LogP contribution is 2.22. The number of benzene rings is 2. The van der Waals surface area contributed by atoms with Gasteiger partial charge in [0.05, 0.1) is 31.0 Å². The predicted octanol–water partition coefficient (Wildman–Crippen LogP) is 2.12. The van der Waals surface area contributed by atoms with E-state index in [2.05, 4.69) is 5.32 Å². The predicted molar refractivity (Wildman–Crippen MR) is 112 cm³/mol. The first-order valence-corrected chi connectivity index (χ1v) is 11.6. The molecule has 1 fully saturated rings. The van der Waals surface area contributed by atoms with Gasteiger partial charge in [-0.2, -0.15) is 4.31 Å². The monoisotopic (exact) mass is 436 g/mol. The fraction of sp³-hybridized carbons (Fsp3) is 0.350. The quantitative estimate of drug-likeness (QED) is 0.638. The van der Waals surface area contributed by atoms with Crippen molar-refractivity contribution in [2.24, 2.45) is 0 Å². The van der Waals surface area contributed by atoms with Gasteiger partial charge in [-0.1, -0.05) is 18.2 Å². The van der Waals surface area contributed by atoms with E-state index >= 15 is 0 Å². The van der Waals surface area contributed by atoms with Gasteiger partial charge in [0, 0.05) is 24.5 Å². The second-order valence-electron chi connectivity index (χ2n) is 6.37. The minimum absolute atomic E-state index is 0.155. The van der Waals surface area contributed by atoms with E-state index < -0.39 is 10.0 Å². The van der Waals surface area contributed by atoms with Crippen LogP contribution in [0.5, 0.6) is 5.75 Å². The van der Waals surface area contributed by atoms with Gasteiger partial charge in [-0.15, -0.1) is 11.8 Å². The van der Waals surface area contributed by atoms with Crippen LogP contribution in [0, 0.1) is 0 Å². The molecule has 1 saturated heterocycles. The number of thioether (sulfide) groups is 1. The van der Waals surface area contributed by atoms with Crippen LogP contribution in [0.1, 0.15) is 5.56 Å². The summed E-state index contributed by atoms with van der Waals surface area (Å²) in [6, 6.07) is 14.2. The maximum Gasteiger partial charge on any atom is 0.243 e. The molecule has 156 valence electrons. The fourth-order valence-electron chi connectivity index (χ4n) is 2.89. The minimum atomic E-state index is -3.62. The third-order valence-electron chi connectivity index (χ3n) is 4.47. The van der Waals surface area contributed by atoms with Crippen LogP contribution in [0.3, 0.4) is 0 Å². The number of nitrogens with one attached hydrogen (secondary N) is 1. The summed E-state index contributed by atoms with van der Waals surface area (Å²) in [5.41, 5.74) is 0.571. The van der Waals surface area contributed by atoms with E-state index in [-0.39, 0.29) is 23.1 Å². The van der Waals surface area contributed by atoms with Gasteiger partial charge in [0.25, 0.3) is 0 Å². The second-order valence-corrected chi connectivity index (χ2v) is 9.32. The van der Waals surface area contributed by atoms with Gasteiger partial charge in [-0.05, 0) is 35.9 Å². The van der Waals surface area contributed by atoms with E-state index in [1.807, 2.05) is 24.3 Å². The molecule has 0 aromatic heterocycles. The number of carbonyl (C=O) groups excluding carboxylic acids is 1. The van der Waals surface area contributed by atoms with Gasteiger partial charge < -0.3 is 14.8 Å². The van der Waals surface area contributed by atoms with Gasteiger partial charge in [0.15, 0.2) is 0 Å². The Hall–Kier alpha value is -2.07. The van der Waals surface area contributed by atoms with E-state index in [9.17, 15) is 13.2 Å². The minimum Gasteiger partial charge on any atom is -0.497 e. The largest absolute Gasteiger partial charge is 0.497 e. The van der Waals surface area contributed by atoms with Gasteiger partial charge in [0.2, 0.25) is 15.9 Å². The normalized spacial score (nSPS) is 15.1. The van der Waals surface area contributed by atoms with E-state index in [1.54, 1.807) is 31.4 Å². The van der Waals surface area contributed by atoms with Gasteiger partial charge >= 0.3 is 0 Å². The average molecular weight is 437 g/mol. The number of rotatable bonds is 8. The van der Waals surface area contributed by atoms with Crippen molar-refractivity contribution in [2.45, 2.75) is 16.3 Å². The lowest BCUT2D eigenvalue weighted by Gasteiger charge is -2.27. The summed E-state index contributed by atoms with van der Waals surface area (Å²) in [4.78, 5) is 13.4. The molecule has 1 N–H and O–H groups in total. The molecular formula is C20H24N2O5S2. The fourth-order valence-corrected chi connectivity index (χ4v) is 5.25. The smallest absolute Gasteiger partial charge is 0.243 e. The molecule has 0 atom stereocenters. The van der Waals surface area contributed by atoms with Crippen molar-refractivity contribution in [3.63, 3.8) is 0 Å². The lowest BCUT2D eigenvalue weighted by molar-refractivity contribution is -0.118. The highest BCUT2D eigenvalue weighted by atomic mass is 32.2. The third-order valence-corrected chi connectivity index (χ3v) is 7.48. The molecule has 0 radical (unpaired) electrons. The summed E-state index contributed by atoms with van der Waals surface area (Å²) in [6.45, 7) is 1.60. The lowest BCUT2D eigenvalue weighted by atomic mass is 10.2. The van der Waals surface area contributed by atoms with Crippen molar-refractivity contribution >= 4 is 27.7 Å². The number of nitrogens with zero attached hydrogens (tertiary/aromatic N) is 1. The summed E-state index contributed by atoms with van der Waals surface area (Å²) in [7, 11) is -2.01. The molecular weight excluding hydrogens is 412 g/mol. The number of hydrogen-bond acceptors (Lipinski definition) is 6. The standard InChI is InChI=1S/C20H24N2O5S2/c1-26-17-6-8-18(9-7-17)28-15-20(23)21-14-16-4-2-3-5-19(16)29(24,25)22-10-12-27-13-11-22/h2-9H,10-15H2,1H3,(H,21,23). The molecule has 3 rings (SSSR count). The molecule has 0 saturated carbocycles. The highest BCUT2D eigenvalue weighted by molar-refractivity contribution is 8.00. The van der Waals surface area contributed by atoms with E-state index in [0.717, 1.165) is 10.6 Å². The molecule has 0 spiro atoms. The highest BCUT2D eigenvalue weighted by Gasteiger charge is 2.28. The maximum atomic E-state index is 13.0. The molecule has 29 heavy (non-hydrogen) atoms. The zero-order valence-electron chi connectivity index (χ0n) is 16.2. The number of methoxy groups -OCH3 is 1. The van der Waals surface area contributed by atoms with Crippen molar-refractivity contribution in [3.8, 4) is 5.75 Å². The Kier molecular flexibility index (Phi) is 7.54. The third kappa shape index (κ3) is 5.72. The molecule has 0 bridgehead atoms. The van der Waals surface area contributed by atoms with Crippen LogP contribution in [-0.4, -0.2) is 57.8 Å². The van der Waals surface area contributed by atoms with E-state index in [1.165, 1.54) is 16.1 Å². The maximum absolute atomic E-state index is 13.0. The van der Waals surface area contributed by atoms with Crippen LogP contribution in [0.15, 0.2) is 58.3 Å². The van der Waals surface area contributed by atoms with Crippen LogP contribution in [0.2, 0.25) is 0 Å². The zero-order valence-corrected chi connectivity index (χ0v) is 17.8.